The minimum Gasteiger partial charge on any atom is -0.359 e. The topological polar surface area (TPSA) is 105 Å². The Hall–Kier alpha value is -3.20. The molecule has 3 aromatic heterocycles. The fraction of sp³-hybridized carbons (Fsp3) is 0.200. The van der Waals surface area contributed by atoms with Gasteiger partial charge in [-0.3, -0.25) is 5.10 Å². The van der Waals surface area contributed by atoms with Crippen LogP contribution in [0.4, 0.5) is 17.6 Å². The number of hydrogen-bond acceptors (Lipinski definition) is 7. The van der Waals surface area contributed by atoms with E-state index in [4.69, 9.17) is 4.52 Å². The van der Waals surface area contributed by atoms with Gasteiger partial charge in [0.05, 0.1) is 12.2 Å². The Kier molecular flexibility index (Phi) is 5.85. The van der Waals surface area contributed by atoms with Gasteiger partial charge in [-0.25, -0.2) is 4.98 Å². The first-order valence-corrected chi connectivity index (χ1v) is 9.98. The molecule has 0 amide bonds. The van der Waals surface area contributed by atoms with Gasteiger partial charge in [-0.05, 0) is 43.5 Å². The van der Waals surface area contributed by atoms with Crippen LogP contribution in [-0.2, 0) is 19.4 Å². The number of nitrogens with one attached hydrogen (secondary N) is 3. The van der Waals surface area contributed by atoms with Crippen LogP contribution in [0.5, 0.6) is 0 Å². The van der Waals surface area contributed by atoms with E-state index in [1.807, 2.05) is 31.2 Å². The largest absolute Gasteiger partial charge is 0.359 e. The number of aromatic amines is 1. The maximum absolute atomic E-state index is 5.18. The number of halogens is 1. The molecule has 0 fully saturated rings. The Morgan fingerprint density at radius 2 is 2.03 bits per heavy atom. The van der Waals surface area contributed by atoms with Crippen LogP contribution < -0.4 is 10.6 Å². The van der Waals surface area contributed by atoms with Crippen molar-refractivity contribution in [3.05, 3.63) is 75.8 Å². The van der Waals surface area contributed by atoms with Crippen molar-refractivity contribution < 1.29 is 4.52 Å². The summed E-state index contributed by atoms with van der Waals surface area (Å²) in [5, 5.41) is 17.6. The van der Waals surface area contributed by atoms with Gasteiger partial charge >= 0.3 is 0 Å². The molecule has 8 nitrogen and oxygen atoms in total. The molecule has 0 atom stereocenters. The molecular weight excluding hydrogens is 434 g/mol. The normalized spacial score (nSPS) is 10.8. The maximum atomic E-state index is 5.18. The number of aryl methyl sites for hydroxylation is 3. The zero-order valence-corrected chi connectivity index (χ0v) is 17.4. The molecule has 3 heterocycles. The van der Waals surface area contributed by atoms with Crippen molar-refractivity contribution in [3.63, 3.8) is 0 Å². The van der Waals surface area contributed by atoms with Gasteiger partial charge in [0.1, 0.15) is 5.82 Å². The van der Waals surface area contributed by atoms with E-state index < -0.39 is 0 Å². The third kappa shape index (κ3) is 5.41. The van der Waals surface area contributed by atoms with Crippen molar-refractivity contribution in [1.82, 2.24) is 25.3 Å². The maximum Gasteiger partial charge on any atom is 0.224 e. The predicted molar refractivity (Wildman–Crippen MR) is 114 cm³/mol. The van der Waals surface area contributed by atoms with Gasteiger partial charge < -0.3 is 15.2 Å². The summed E-state index contributed by atoms with van der Waals surface area (Å²) in [6.07, 6.45) is 3.49. The molecular formula is C20H20BrN7O. The van der Waals surface area contributed by atoms with E-state index in [1.165, 1.54) is 5.56 Å². The van der Waals surface area contributed by atoms with E-state index in [0.717, 1.165) is 34.5 Å². The Bertz CT molecular complexity index is 1090. The summed E-state index contributed by atoms with van der Waals surface area (Å²) in [6.45, 7) is 2.34. The molecule has 3 N–H and O–H groups in total. The average Bonchev–Trinajstić information content (AvgIpc) is 3.34. The molecule has 0 unspecified atom stereocenters. The first-order valence-electron chi connectivity index (χ1n) is 9.19. The summed E-state index contributed by atoms with van der Waals surface area (Å²) < 4.78 is 6.27. The molecule has 0 spiro atoms. The molecule has 0 aliphatic carbocycles. The monoisotopic (exact) mass is 453 g/mol. The molecule has 148 valence electrons. The van der Waals surface area contributed by atoms with Crippen LogP contribution in [0.1, 0.15) is 22.7 Å². The minimum atomic E-state index is 0.465. The predicted octanol–water partition coefficient (Wildman–Crippen LogP) is 4.40. The van der Waals surface area contributed by atoms with Crippen LogP contribution in [0.2, 0.25) is 0 Å². The minimum absolute atomic E-state index is 0.465. The van der Waals surface area contributed by atoms with Crippen molar-refractivity contribution in [2.75, 3.05) is 10.6 Å². The van der Waals surface area contributed by atoms with E-state index in [2.05, 4.69) is 64.0 Å². The Morgan fingerprint density at radius 3 is 2.86 bits per heavy atom. The van der Waals surface area contributed by atoms with Gasteiger partial charge in [-0.15, -0.1) is 0 Å². The molecule has 4 aromatic rings. The summed E-state index contributed by atoms with van der Waals surface area (Å²) in [5.41, 5.74) is 3.17. The van der Waals surface area contributed by atoms with Gasteiger partial charge in [0.25, 0.3) is 0 Å². The van der Waals surface area contributed by atoms with Crippen LogP contribution >= 0.6 is 15.9 Å². The molecule has 29 heavy (non-hydrogen) atoms. The first-order chi connectivity index (χ1) is 14.1. The number of hydrogen-bond donors (Lipinski definition) is 3. The lowest BCUT2D eigenvalue weighted by atomic mass is 10.1. The lowest BCUT2D eigenvalue weighted by molar-refractivity contribution is 0.384. The summed E-state index contributed by atoms with van der Waals surface area (Å²) in [4.78, 5) is 8.67. The molecule has 0 aliphatic heterocycles. The second kappa shape index (κ2) is 8.87. The molecule has 0 bridgehead atoms. The van der Waals surface area contributed by atoms with Crippen molar-refractivity contribution in [2.45, 2.75) is 26.3 Å². The van der Waals surface area contributed by atoms with Gasteiger partial charge in [0.2, 0.25) is 5.95 Å². The van der Waals surface area contributed by atoms with Gasteiger partial charge in [0.15, 0.2) is 11.6 Å². The van der Waals surface area contributed by atoms with Crippen LogP contribution in [-0.4, -0.2) is 25.3 Å². The number of H-pyrrole nitrogens is 1. The third-order valence-corrected chi connectivity index (χ3v) is 4.71. The van der Waals surface area contributed by atoms with Gasteiger partial charge in [0, 0.05) is 28.5 Å². The average molecular weight is 454 g/mol. The second-order valence-corrected chi connectivity index (χ2v) is 7.50. The molecule has 0 radical (unpaired) electrons. The van der Waals surface area contributed by atoms with Gasteiger partial charge in [-0.1, -0.05) is 33.2 Å². The Morgan fingerprint density at radius 1 is 1.10 bits per heavy atom. The lowest BCUT2D eigenvalue weighted by Crippen LogP contribution is -2.04. The smallest absolute Gasteiger partial charge is 0.224 e. The van der Waals surface area contributed by atoms with Crippen molar-refractivity contribution in [2.24, 2.45) is 0 Å². The second-order valence-electron chi connectivity index (χ2n) is 6.59. The number of benzene rings is 1. The van der Waals surface area contributed by atoms with E-state index in [-0.39, 0.29) is 0 Å². The summed E-state index contributed by atoms with van der Waals surface area (Å²) in [7, 11) is 0. The fourth-order valence-electron chi connectivity index (χ4n) is 2.84. The quantitative estimate of drug-likeness (QED) is 0.363. The molecule has 9 heteroatoms. The van der Waals surface area contributed by atoms with Crippen molar-refractivity contribution in [1.29, 1.82) is 0 Å². The number of aromatic nitrogens is 5. The Balaban J connectivity index is 1.33. The molecule has 0 saturated carbocycles. The summed E-state index contributed by atoms with van der Waals surface area (Å²) in [6, 6.07) is 14.0. The SMILES string of the molecule is Cc1cc(CNc2nccc(Nc3cc(CCc4cccc(Br)c4)[nH]n3)n2)on1. The summed E-state index contributed by atoms with van der Waals surface area (Å²) in [5.74, 6) is 2.59. The highest BCUT2D eigenvalue weighted by atomic mass is 79.9. The third-order valence-electron chi connectivity index (χ3n) is 4.21. The Labute approximate surface area is 176 Å². The molecule has 4 rings (SSSR count). The number of anilines is 3. The van der Waals surface area contributed by atoms with Gasteiger partial charge in [-0.2, -0.15) is 10.1 Å². The highest BCUT2D eigenvalue weighted by Crippen LogP contribution is 2.17. The fourth-order valence-corrected chi connectivity index (χ4v) is 3.28. The first kappa shape index (κ1) is 19.1. The van der Waals surface area contributed by atoms with E-state index >= 15 is 0 Å². The number of rotatable bonds is 8. The summed E-state index contributed by atoms with van der Waals surface area (Å²) >= 11 is 3.51. The van der Waals surface area contributed by atoms with E-state index in [1.54, 1.807) is 12.3 Å². The standard InChI is InChI=1S/C20H20BrN7O/c1-13-9-17(29-28-13)12-23-20-22-8-7-18(25-20)24-19-11-16(26-27-19)6-5-14-3-2-4-15(21)10-14/h2-4,7-11H,5-6,12H2,1H3,(H3,22,23,24,25,26,27). The van der Waals surface area contributed by atoms with Crippen LogP contribution in [0.3, 0.4) is 0 Å². The zero-order chi connectivity index (χ0) is 20.1. The van der Waals surface area contributed by atoms with Crippen molar-refractivity contribution >= 4 is 33.5 Å². The molecule has 1 aromatic carbocycles. The highest BCUT2D eigenvalue weighted by molar-refractivity contribution is 9.10. The van der Waals surface area contributed by atoms with Crippen LogP contribution in [0.15, 0.2) is 57.7 Å². The molecule has 0 saturated heterocycles. The van der Waals surface area contributed by atoms with Crippen LogP contribution in [0, 0.1) is 6.92 Å². The zero-order valence-electron chi connectivity index (χ0n) is 15.8. The number of nitrogens with zero attached hydrogens (tertiary/aromatic N) is 4. The van der Waals surface area contributed by atoms with Crippen LogP contribution in [0.25, 0.3) is 0 Å². The van der Waals surface area contributed by atoms with E-state index in [0.29, 0.717) is 24.1 Å². The lowest BCUT2D eigenvalue weighted by Gasteiger charge is -2.05. The van der Waals surface area contributed by atoms with Crippen molar-refractivity contribution in [3.8, 4) is 0 Å². The van der Waals surface area contributed by atoms with E-state index in [9.17, 15) is 0 Å². The molecule has 0 aliphatic rings. The highest BCUT2D eigenvalue weighted by Gasteiger charge is 2.06.